The predicted octanol–water partition coefficient (Wildman–Crippen LogP) is 2.68. The van der Waals surface area contributed by atoms with Crippen molar-refractivity contribution < 1.29 is 9.53 Å². The van der Waals surface area contributed by atoms with Crippen LogP contribution in [0.25, 0.3) is 0 Å². The van der Waals surface area contributed by atoms with Crippen molar-refractivity contribution in [1.29, 1.82) is 0 Å². The topological polar surface area (TPSA) is 26.3 Å². The molecule has 0 atom stereocenters. The van der Waals surface area contributed by atoms with Gasteiger partial charge in [0.25, 0.3) is 0 Å². The van der Waals surface area contributed by atoms with E-state index in [9.17, 15) is 4.79 Å². The second kappa shape index (κ2) is 3.95. The van der Waals surface area contributed by atoms with E-state index in [2.05, 4.69) is 0 Å². The van der Waals surface area contributed by atoms with Gasteiger partial charge < -0.3 is 4.74 Å². The summed E-state index contributed by atoms with van der Waals surface area (Å²) in [6, 6.07) is 0. The highest BCUT2D eigenvalue weighted by Gasteiger charge is 2.19. The summed E-state index contributed by atoms with van der Waals surface area (Å²) in [5.41, 5.74) is -0.374. The summed E-state index contributed by atoms with van der Waals surface area (Å²) >= 11 is 0. The molecule has 0 aromatic heterocycles. The Kier molecular flexibility index (Phi) is 3.12. The molecule has 0 saturated heterocycles. The van der Waals surface area contributed by atoms with Crippen molar-refractivity contribution in [3.8, 4) is 0 Å². The smallest absolute Gasteiger partial charge is 0.330 e. The molecule has 0 radical (unpaired) electrons. The molecule has 0 N–H and O–H groups in total. The van der Waals surface area contributed by atoms with Gasteiger partial charge in [0.05, 0.1) is 0 Å². The monoisotopic (exact) mass is 182 g/mol. The van der Waals surface area contributed by atoms with Crippen LogP contribution in [-0.4, -0.2) is 11.6 Å². The maximum absolute atomic E-state index is 11.2. The van der Waals surface area contributed by atoms with Crippen molar-refractivity contribution >= 4 is 5.97 Å². The van der Waals surface area contributed by atoms with Crippen LogP contribution in [0.1, 0.15) is 40.0 Å². The van der Waals surface area contributed by atoms with Gasteiger partial charge in [0, 0.05) is 6.08 Å². The molecule has 0 aromatic rings. The summed E-state index contributed by atoms with van der Waals surface area (Å²) in [6.45, 7) is 5.62. The fourth-order valence-electron chi connectivity index (χ4n) is 1.05. The SMILES string of the molecule is CC(C)(C)OC(=O)/C=C\CC1CC1. The van der Waals surface area contributed by atoms with Gasteiger partial charge in [-0.05, 0) is 46.0 Å². The third-order valence-electron chi connectivity index (χ3n) is 1.83. The van der Waals surface area contributed by atoms with Gasteiger partial charge in [0.1, 0.15) is 5.60 Å². The minimum Gasteiger partial charge on any atom is -0.457 e. The molecule has 2 nitrogen and oxygen atoms in total. The van der Waals surface area contributed by atoms with E-state index in [-0.39, 0.29) is 11.6 Å². The van der Waals surface area contributed by atoms with Crippen molar-refractivity contribution in [2.24, 2.45) is 5.92 Å². The Morgan fingerprint density at radius 1 is 1.46 bits per heavy atom. The quantitative estimate of drug-likeness (QED) is 0.495. The first-order valence-electron chi connectivity index (χ1n) is 4.87. The third-order valence-corrected chi connectivity index (χ3v) is 1.83. The van der Waals surface area contributed by atoms with Crippen LogP contribution in [0.15, 0.2) is 12.2 Å². The maximum Gasteiger partial charge on any atom is 0.330 e. The predicted molar refractivity (Wildman–Crippen MR) is 52.3 cm³/mol. The fraction of sp³-hybridized carbons (Fsp3) is 0.727. The van der Waals surface area contributed by atoms with Gasteiger partial charge >= 0.3 is 5.97 Å². The number of esters is 1. The van der Waals surface area contributed by atoms with Crippen LogP contribution < -0.4 is 0 Å². The first kappa shape index (κ1) is 10.3. The molecule has 0 spiro atoms. The maximum atomic E-state index is 11.2. The van der Waals surface area contributed by atoms with Gasteiger partial charge in [0.2, 0.25) is 0 Å². The van der Waals surface area contributed by atoms with Crippen LogP contribution in [0, 0.1) is 5.92 Å². The molecule has 0 heterocycles. The Morgan fingerprint density at radius 3 is 2.54 bits per heavy atom. The first-order valence-corrected chi connectivity index (χ1v) is 4.87. The molecule has 2 heteroatoms. The molecule has 1 saturated carbocycles. The molecule has 1 fully saturated rings. The van der Waals surface area contributed by atoms with Gasteiger partial charge in [0.15, 0.2) is 0 Å². The highest BCUT2D eigenvalue weighted by atomic mass is 16.6. The van der Waals surface area contributed by atoms with Crippen molar-refractivity contribution in [2.45, 2.75) is 45.6 Å². The van der Waals surface area contributed by atoms with E-state index in [1.807, 2.05) is 26.8 Å². The van der Waals surface area contributed by atoms with Crippen LogP contribution >= 0.6 is 0 Å². The van der Waals surface area contributed by atoms with Crippen LogP contribution in [-0.2, 0) is 9.53 Å². The van der Waals surface area contributed by atoms with Gasteiger partial charge in [-0.15, -0.1) is 0 Å². The lowest BCUT2D eigenvalue weighted by atomic mass is 10.2. The van der Waals surface area contributed by atoms with E-state index in [0.717, 1.165) is 12.3 Å². The van der Waals surface area contributed by atoms with Crippen LogP contribution in [0.3, 0.4) is 0 Å². The highest BCUT2D eigenvalue weighted by molar-refractivity contribution is 5.82. The van der Waals surface area contributed by atoms with Gasteiger partial charge in [-0.25, -0.2) is 4.79 Å². The summed E-state index contributed by atoms with van der Waals surface area (Å²) in [6.07, 6.45) is 7.13. The summed E-state index contributed by atoms with van der Waals surface area (Å²) in [5, 5.41) is 0. The summed E-state index contributed by atoms with van der Waals surface area (Å²) in [7, 11) is 0. The standard InChI is InChI=1S/C11H18O2/c1-11(2,3)13-10(12)6-4-5-9-7-8-9/h4,6,9H,5,7-8H2,1-3H3/b6-4-. The molecule has 0 amide bonds. The van der Waals surface area contributed by atoms with E-state index in [0.29, 0.717) is 0 Å². The molecule has 1 aliphatic rings. The van der Waals surface area contributed by atoms with Crippen LogP contribution in [0.4, 0.5) is 0 Å². The number of ether oxygens (including phenoxy) is 1. The third kappa shape index (κ3) is 5.45. The lowest BCUT2D eigenvalue weighted by Crippen LogP contribution is -2.22. The molecule has 0 aliphatic heterocycles. The number of hydrogen-bond donors (Lipinski definition) is 0. The zero-order chi connectivity index (χ0) is 9.90. The fourth-order valence-corrected chi connectivity index (χ4v) is 1.05. The molecule has 1 aliphatic carbocycles. The number of hydrogen-bond acceptors (Lipinski definition) is 2. The molecular formula is C11H18O2. The average molecular weight is 182 g/mol. The Bertz CT molecular complexity index is 207. The van der Waals surface area contributed by atoms with E-state index in [1.54, 1.807) is 6.08 Å². The molecule has 0 unspecified atom stereocenters. The second-order valence-electron chi connectivity index (χ2n) is 4.61. The van der Waals surface area contributed by atoms with Gasteiger partial charge in [-0.2, -0.15) is 0 Å². The molecule has 74 valence electrons. The summed E-state index contributed by atoms with van der Waals surface area (Å²) in [4.78, 5) is 11.2. The normalized spacial score (nSPS) is 17.8. The number of carbonyl (C=O) groups is 1. The molecule has 0 bridgehead atoms. The van der Waals surface area contributed by atoms with Crippen LogP contribution in [0.2, 0.25) is 0 Å². The number of allylic oxidation sites excluding steroid dienone is 1. The molecule has 0 aromatic carbocycles. The minimum absolute atomic E-state index is 0.229. The van der Waals surface area contributed by atoms with Crippen molar-refractivity contribution in [2.75, 3.05) is 0 Å². The zero-order valence-electron chi connectivity index (χ0n) is 8.67. The van der Waals surface area contributed by atoms with Gasteiger partial charge in [-0.1, -0.05) is 6.08 Å². The number of rotatable bonds is 3. The lowest BCUT2D eigenvalue weighted by Gasteiger charge is -2.17. The molecule has 1 rings (SSSR count). The van der Waals surface area contributed by atoms with Crippen molar-refractivity contribution in [1.82, 2.24) is 0 Å². The largest absolute Gasteiger partial charge is 0.457 e. The van der Waals surface area contributed by atoms with E-state index in [4.69, 9.17) is 4.74 Å². The zero-order valence-corrected chi connectivity index (χ0v) is 8.67. The Labute approximate surface area is 80.0 Å². The average Bonchev–Trinajstić information content (AvgIpc) is 2.66. The number of carbonyl (C=O) groups excluding carboxylic acids is 1. The highest BCUT2D eigenvalue weighted by Crippen LogP contribution is 2.32. The first-order chi connectivity index (χ1) is 5.97. The molecular weight excluding hydrogens is 164 g/mol. The van der Waals surface area contributed by atoms with Crippen LogP contribution in [0.5, 0.6) is 0 Å². The minimum atomic E-state index is -0.374. The molecule has 13 heavy (non-hydrogen) atoms. The van der Waals surface area contributed by atoms with Crippen molar-refractivity contribution in [3.63, 3.8) is 0 Å². The van der Waals surface area contributed by atoms with E-state index in [1.165, 1.54) is 12.8 Å². The van der Waals surface area contributed by atoms with Crippen molar-refractivity contribution in [3.05, 3.63) is 12.2 Å². The Balaban J connectivity index is 2.19. The summed E-state index contributed by atoms with van der Waals surface area (Å²) < 4.78 is 5.11. The van der Waals surface area contributed by atoms with Gasteiger partial charge in [-0.3, -0.25) is 0 Å². The summed E-state index contributed by atoms with van der Waals surface area (Å²) in [5.74, 6) is 0.604. The van der Waals surface area contributed by atoms with E-state index >= 15 is 0 Å². The van der Waals surface area contributed by atoms with E-state index < -0.39 is 0 Å². The Hall–Kier alpha value is -0.790. The second-order valence-corrected chi connectivity index (χ2v) is 4.61. The lowest BCUT2D eigenvalue weighted by molar-refractivity contribution is -0.148. The Morgan fingerprint density at radius 2 is 2.08 bits per heavy atom.